The summed E-state index contributed by atoms with van der Waals surface area (Å²) in [7, 11) is -5.39. The summed E-state index contributed by atoms with van der Waals surface area (Å²) in [5.41, 5.74) is 0. The van der Waals surface area contributed by atoms with Crippen LogP contribution in [-0.2, 0) is 9.36 Å². The van der Waals surface area contributed by atoms with E-state index in [4.69, 9.17) is 19.2 Å². The summed E-state index contributed by atoms with van der Waals surface area (Å²) in [4.78, 5) is 39.9. The molecule has 1 atom stereocenters. The third-order valence-electron chi connectivity index (χ3n) is 5.74. The Morgan fingerprint density at radius 3 is 1.34 bits per heavy atom. The fourth-order valence-electron chi connectivity index (χ4n) is 3.82. The van der Waals surface area contributed by atoms with E-state index in [2.05, 4.69) is 37.9 Å². The molecule has 0 fully saturated rings. The minimum atomic E-state index is -5.39. The number of nitrogens with zero attached hydrogens (tertiary/aromatic N) is 1. The van der Waals surface area contributed by atoms with Crippen LogP contribution in [0.3, 0.4) is 0 Å². The number of amides is 1. The number of unbranched alkanes of at least 4 members (excludes halogenated alkanes) is 14. The van der Waals surface area contributed by atoms with E-state index in [-0.39, 0.29) is 12.1 Å². The molecule has 0 aromatic rings. The van der Waals surface area contributed by atoms with Gasteiger partial charge in [-0.3, -0.25) is 9.69 Å². The first-order chi connectivity index (χ1) is 15.2. The zero-order chi connectivity index (χ0) is 24.7. The molecule has 0 aliphatic heterocycles. The van der Waals surface area contributed by atoms with Gasteiger partial charge in [-0.2, -0.15) is 7.82 Å². The van der Waals surface area contributed by atoms with Crippen molar-refractivity contribution in [1.82, 2.24) is 10.2 Å². The zero-order valence-corrected chi connectivity index (χ0v) is 22.1. The molecular formula is C24H50N2O5P-3. The molecule has 1 amide bonds. The van der Waals surface area contributed by atoms with E-state index in [0.717, 1.165) is 19.5 Å². The topological polar surface area (TPSA) is 119 Å². The van der Waals surface area contributed by atoms with Gasteiger partial charge in [0.25, 0.3) is 0 Å². The van der Waals surface area contributed by atoms with Crippen LogP contribution in [0.4, 0.5) is 0 Å². The van der Waals surface area contributed by atoms with E-state index >= 15 is 0 Å². The third-order valence-corrected chi connectivity index (χ3v) is 5.74. The SMILES string of the molecule is CCCCCCCCCCCCCCCCCC(=O)NC(C)N(CC)CC.O=P([O-])([O-])[O-]. The summed E-state index contributed by atoms with van der Waals surface area (Å²) in [5.74, 6) is 0.212. The molecule has 7 nitrogen and oxygen atoms in total. The van der Waals surface area contributed by atoms with Crippen molar-refractivity contribution in [3.63, 3.8) is 0 Å². The molecular weight excluding hydrogens is 427 g/mol. The van der Waals surface area contributed by atoms with Crippen molar-refractivity contribution in [2.75, 3.05) is 13.1 Å². The summed E-state index contributed by atoms with van der Waals surface area (Å²) in [5, 5.41) is 3.12. The Balaban J connectivity index is 0. The standard InChI is InChI=1S/C24H50N2O.H3O4P/c1-5-8-9-10-11-12-13-14-15-16-17-18-19-20-21-22-24(27)25-23(4)26(6-2)7-3;1-5(2,3)4/h23H,5-22H2,1-4H3,(H,25,27);(H3,1,2,3,4)/p-3. The highest BCUT2D eigenvalue weighted by Gasteiger charge is 2.12. The molecule has 0 bridgehead atoms. The van der Waals surface area contributed by atoms with Gasteiger partial charge in [-0.25, -0.2) is 0 Å². The van der Waals surface area contributed by atoms with Crippen molar-refractivity contribution in [3.05, 3.63) is 0 Å². The predicted molar refractivity (Wildman–Crippen MR) is 128 cm³/mol. The molecule has 0 rings (SSSR count). The van der Waals surface area contributed by atoms with Gasteiger partial charge in [0, 0.05) is 6.42 Å². The Morgan fingerprint density at radius 2 is 1.03 bits per heavy atom. The smallest absolute Gasteiger partial charge is 0.221 e. The molecule has 0 aromatic heterocycles. The first-order valence-corrected chi connectivity index (χ1v) is 14.4. The van der Waals surface area contributed by atoms with Gasteiger partial charge in [-0.15, -0.1) is 0 Å². The Morgan fingerprint density at radius 1 is 0.719 bits per heavy atom. The number of hydrogen-bond acceptors (Lipinski definition) is 6. The number of rotatable bonds is 20. The van der Waals surface area contributed by atoms with Crippen LogP contribution in [0.2, 0.25) is 0 Å². The predicted octanol–water partition coefficient (Wildman–Crippen LogP) is 4.23. The van der Waals surface area contributed by atoms with Gasteiger partial charge < -0.3 is 24.6 Å². The minimum absolute atomic E-state index is 0.156. The fourth-order valence-corrected chi connectivity index (χ4v) is 3.82. The molecule has 32 heavy (non-hydrogen) atoms. The second-order valence-electron chi connectivity index (χ2n) is 8.61. The van der Waals surface area contributed by atoms with Crippen LogP contribution in [0, 0.1) is 0 Å². The summed E-state index contributed by atoms with van der Waals surface area (Å²) < 4.78 is 8.55. The number of phosphoric acid groups is 1. The molecule has 0 saturated carbocycles. The highest BCUT2D eigenvalue weighted by molar-refractivity contribution is 7.40. The van der Waals surface area contributed by atoms with Gasteiger partial charge in [0.1, 0.15) is 0 Å². The molecule has 8 heteroatoms. The van der Waals surface area contributed by atoms with E-state index in [1.165, 1.54) is 89.9 Å². The maximum atomic E-state index is 12.0. The van der Waals surface area contributed by atoms with E-state index in [0.29, 0.717) is 6.42 Å². The van der Waals surface area contributed by atoms with Crippen LogP contribution in [0.25, 0.3) is 0 Å². The third kappa shape index (κ3) is 29.5. The van der Waals surface area contributed by atoms with Crippen LogP contribution in [0.1, 0.15) is 130 Å². The molecule has 0 aliphatic rings. The Bertz CT molecular complexity index is 447. The molecule has 0 saturated heterocycles. The van der Waals surface area contributed by atoms with E-state index in [1.807, 2.05) is 0 Å². The average molecular weight is 478 g/mol. The Hall–Kier alpha value is -0.460. The lowest BCUT2D eigenvalue weighted by atomic mass is 10.0. The lowest BCUT2D eigenvalue weighted by Crippen LogP contribution is -2.45. The van der Waals surface area contributed by atoms with Gasteiger partial charge in [0.05, 0.1) is 6.17 Å². The van der Waals surface area contributed by atoms with E-state index in [1.54, 1.807) is 0 Å². The number of nitrogens with one attached hydrogen (secondary N) is 1. The van der Waals surface area contributed by atoms with Crippen LogP contribution in [0.15, 0.2) is 0 Å². The number of carbonyl (C=O) groups excluding carboxylic acids is 1. The molecule has 1 N–H and O–H groups in total. The Labute approximate surface area is 198 Å². The van der Waals surface area contributed by atoms with Crippen molar-refractivity contribution in [2.24, 2.45) is 0 Å². The highest BCUT2D eigenvalue weighted by atomic mass is 31.2. The van der Waals surface area contributed by atoms with Gasteiger partial charge in [0.15, 0.2) is 0 Å². The Kier molecular flexibility index (Phi) is 25.0. The van der Waals surface area contributed by atoms with Gasteiger partial charge in [0.2, 0.25) is 5.91 Å². The summed E-state index contributed by atoms with van der Waals surface area (Å²) in [6, 6.07) is 0. The first kappa shape index (κ1) is 33.7. The molecule has 0 aliphatic carbocycles. The number of carbonyl (C=O) groups is 1. The molecule has 0 spiro atoms. The lowest BCUT2D eigenvalue weighted by molar-refractivity contribution is -0.432. The molecule has 0 heterocycles. The van der Waals surface area contributed by atoms with Gasteiger partial charge >= 0.3 is 0 Å². The monoisotopic (exact) mass is 477 g/mol. The summed E-state index contributed by atoms with van der Waals surface area (Å²) in [6.07, 6.45) is 21.3. The normalized spacial score (nSPS) is 12.4. The second-order valence-corrected chi connectivity index (χ2v) is 9.51. The van der Waals surface area contributed by atoms with Gasteiger partial charge in [-0.1, -0.05) is 111 Å². The van der Waals surface area contributed by atoms with Crippen LogP contribution in [0.5, 0.6) is 0 Å². The average Bonchev–Trinajstić information content (AvgIpc) is 2.70. The van der Waals surface area contributed by atoms with Crippen molar-refractivity contribution < 1.29 is 24.0 Å². The lowest BCUT2D eigenvalue weighted by Gasteiger charge is -2.36. The van der Waals surface area contributed by atoms with Crippen LogP contribution >= 0.6 is 7.82 Å². The summed E-state index contributed by atoms with van der Waals surface area (Å²) >= 11 is 0. The first-order valence-electron chi connectivity index (χ1n) is 12.9. The van der Waals surface area contributed by atoms with Crippen molar-refractivity contribution >= 4 is 13.7 Å². The zero-order valence-electron chi connectivity index (χ0n) is 21.2. The fraction of sp³-hybridized carbons (Fsp3) is 0.958. The largest absolute Gasteiger partial charge is 0.822 e. The highest BCUT2D eigenvalue weighted by Crippen LogP contribution is 2.13. The van der Waals surface area contributed by atoms with Crippen molar-refractivity contribution in [1.29, 1.82) is 0 Å². The quantitative estimate of drug-likeness (QED) is 0.159. The van der Waals surface area contributed by atoms with Crippen molar-refractivity contribution in [2.45, 2.75) is 137 Å². The van der Waals surface area contributed by atoms with E-state index in [9.17, 15) is 4.79 Å². The number of hydrogen-bond donors (Lipinski definition) is 1. The second kappa shape index (κ2) is 23.7. The molecule has 0 radical (unpaired) electrons. The van der Waals surface area contributed by atoms with E-state index < -0.39 is 7.82 Å². The van der Waals surface area contributed by atoms with Crippen molar-refractivity contribution in [3.8, 4) is 0 Å². The maximum absolute atomic E-state index is 12.0. The molecule has 1 unspecified atom stereocenters. The maximum Gasteiger partial charge on any atom is 0.221 e. The minimum Gasteiger partial charge on any atom is -0.822 e. The van der Waals surface area contributed by atoms with Crippen LogP contribution < -0.4 is 20.0 Å². The summed E-state index contributed by atoms with van der Waals surface area (Å²) in [6.45, 7) is 10.6. The van der Waals surface area contributed by atoms with Gasteiger partial charge in [-0.05, 0) is 26.4 Å². The molecule has 194 valence electrons. The molecule has 0 aromatic carbocycles. The van der Waals surface area contributed by atoms with Crippen LogP contribution in [-0.4, -0.2) is 30.1 Å².